The lowest BCUT2D eigenvalue weighted by molar-refractivity contribution is -0.121. The second kappa shape index (κ2) is 8.09. The number of carbonyl (C=O) groups excluding carboxylic acids is 1. The Labute approximate surface area is 163 Å². The minimum Gasteiger partial charge on any atom is -0.351 e. The topological polar surface area (TPSA) is 101 Å². The Kier molecular flexibility index (Phi) is 5.99. The van der Waals surface area contributed by atoms with E-state index >= 15 is 0 Å². The molecule has 0 saturated carbocycles. The predicted octanol–water partition coefficient (Wildman–Crippen LogP) is 1.24. The van der Waals surface area contributed by atoms with Crippen molar-refractivity contribution in [1.29, 1.82) is 0 Å². The van der Waals surface area contributed by atoms with E-state index in [-0.39, 0.29) is 28.8 Å². The normalized spacial score (nSPS) is 19.2. The summed E-state index contributed by atoms with van der Waals surface area (Å²) in [6.07, 6.45) is 0.352. The summed E-state index contributed by atoms with van der Waals surface area (Å²) in [4.78, 5) is 12.4. The molecule has 3 rings (SSSR count). The number of hydrogen-bond acceptors (Lipinski definition) is 6. The van der Waals surface area contributed by atoms with E-state index in [0.29, 0.717) is 6.42 Å². The first-order chi connectivity index (χ1) is 12.8. The number of sulfonamides is 1. The number of amides is 1. The van der Waals surface area contributed by atoms with Crippen LogP contribution in [0, 0.1) is 0 Å². The first-order valence-electron chi connectivity index (χ1n) is 8.34. The molecule has 1 unspecified atom stereocenters. The minimum atomic E-state index is -3.83. The van der Waals surface area contributed by atoms with Crippen LogP contribution in [0.2, 0.25) is 0 Å². The molecular weight excluding hydrogens is 408 g/mol. The molecule has 1 aromatic heterocycles. The first kappa shape index (κ1) is 20.0. The van der Waals surface area contributed by atoms with E-state index in [1.807, 2.05) is 6.07 Å². The van der Waals surface area contributed by atoms with Crippen LogP contribution in [-0.4, -0.2) is 51.1 Å². The third-order valence-corrected chi connectivity index (χ3v) is 9.14. The number of rotatable bonds is 7. The number of nitrogens with zero attached hydrogens (tertiary/aromatic N) is 1. The summed E-state index contributed by atoms with van der Waals surface area (Å²) in [7, 11) is -6.96. The summed E-state index contributed by atoms with van der Waals surface area (Å²) in [5.41, 5.74) is 0.758. The third kappa shape index (κ3) is 5.16. The van der Waals surface area contributed by atoms with Crippen LogP contribution in [0.3, 0.4) is 0 Å². The lowest BCUT2D eigenvalue weighted by Crippen LogP contribution is -2.44. The lowest BCUT2D eigenvalue weighted by Gasteiger charge is -2.22. The Morgan fingerprint density at radius 2 is 1.93 bits per heavy atom. The predicted molar refractivity (Wildman–Crippen MR) is 104 cm³/mol. The summed E-state index contributed by atoms with van der Waals surface area (Å²) >= 11 is 1.09. The quantitative estimate of drug-likeness (QED) is 0.715. The maximum atomic E-state index is 12.9. The van der Waals surface area contributed by atoms with E-state index in [4.69, 9.17) is 0 Å². The molecule has 27 heavy (non-hydrogen) atoms. The standard InChI is InChI=1S/C17H20N2O5S3/c20-16(18-15-8-10-26(21,22)13-15)12-19(11-14-5-2-1-3-6-14)27(23,24)17-7-4-9-25-17/h1-7,9,15H,8,10-13H2,(H,18,20). The number of benzene rings is 1. The van der Waals surface area contributed by atoms with Gasteiger partial charge in [-0.15, -0.1) is 11.3 Å². The molecule has 1 amide bonds. The van der Waals surface area contributed by atoms with E-state index in [9.17, 15) is 21.6 Å². The van der Waals surface area contributed by atoms with Gasteiger partial charge in [-0.1, -0.05) is 36.4 Å². The van der Waals surface area contributed by atoms with Crippen molar-refractivity contribution in [2.24, 2.45) is 0 Å². The van der Waals surface area contributed by atoms with Crippen molar-refractivity contribution in [2.75, 3.05) is 18.1 Å². The van der Waals surface area contributed by atoms with Gasteiger partial charge < -0.3 is 5.32 Å². The van der Waals surface area contributed by atoms with Gasteiger partial charge in [0.05, 0.1) is 18.1 Å². The zero-order valence-corrected chi connectivity index (χ0v) is 16.9. The second-order valence-corrected chi connectivity index (χ2v) is 11.7. The molecular formula is C17H20N2O5S3. The summed E-state index contributed by atoms with van der Waals surface area (Å²) in [6, 6.07) is 11.7. The van der Waals surface area contributed by atoms with E-state index in [0.717, 1.165) is 21.2 Å². The van der Waals surface area contributed by atoms with Gasteiger partial charge in [0.25, 0.3) is 10.0 Å². The summed E-state index contributed by atoms with van der Waals surface area (Å²) < 4.78 is 50.2. The Morgan fingerprint density at radius 3 is 2.52 bits per heavy atom. The van der Waals surface area contributed by atoms with Gasteiger partial charge >= 0.3 is 0 Å². The van der Waals surface area contributed by atoms with E-state index in [1.165, 1.54) is 6.07 Å². The van der Waals surface area contributed by atoms with Crippen LogP contribution in [0.5, 0.6) is 0 Å². The zero-order chi connectivity index (χ0) is 19.5. The van der Waals surface area contributed by atoms with Crippen molar-refractivity contribution < 1.29 is 21.6 Å². The van der Waals surface area contributed by atoms with Gasteiger partial charge in [-0.3, -0.25) is 4.79 Å². The van der Waals surface area contributed by atoms with Crippen LogP contribution in [0.25, 0.3) is 0 Å². The van der Waals surface area contributed by atoms with Crippen molar-refractivity contribution in [3.63, 3.8) is 0 Å². The average Bonchev–Trinajstić information content (AvgIpc) is 3.25. The molecule has 1 fully saturated rings. The minimum absolute atomic E-state index is 0.0408. The smallest absolute Gasteiger partial charge is 0.253 e. The van der Waals surface area contributed by atoms with Gasteiger partial charge in [0, 0.05) is 12.6 Å². The Bertz CT molecular complexity index is 986. The SMILES string of the molecule is O=C(CN(Cc1ccccc1)S(=O)(=O)c1cccs1)NC1CCS(=O)(=O)C1. The van der Waals surface area contributed by atoms with Crippen molar-refractivity contribution in [1.82, 2.24) is 9.62 Å². The summed E-state index contributed by atoms with van der Waals surface area (Å²) in [6.45, 7) is -0.316. The van der Waals surface area contributed by atoms with Gasteiger partial charge in [0.2, 0.25) is 5.91 Å². The van der Waals surface area contributed by atoms with Crippen molar-refractivity contribution in [2.45, 2.75) is 23.2 Å². The summed E-state index contributed by atoms with van der Waals surface area (Å²) in [5.74, 6) is -0.568. The fraction of sp³-hybridized carbons (Fsp3) is 0.353. The highest BCUT2D eigenvalue weighted by Crippen LogP contribution is 2.22. The summed E-state index contributed by atoms with van der Waals surface area (Å²) in [5, 5.41) is 4.31. The number of thiophene rings is 1. The van der Waals surface area contributed by atoms with Crippen LogP contribution >= 0.6 is 11.3 Å². The van der Waals surface area contributed by atoms with Gasteiger partial charge in [0.15, 0.2) is 9.84 Å². The average molecular weight is 429 g/mol. The van der Waals surface area contributed by atoms with Crippen LogP contribution < -0.4 is 5.32 Å². The zero-order valence-electron chi connectivity index (χ0n) is 14.4. The molecule has 7 nitrogen and oxygen atoms in total. The number of hydrogen-bond donors (Lipinski definition) is 1. The molecule has 1 aromatic carbocycles. The Balaban J connectivity index is 1.76. The molecule has 1 saturated heterocycles. The highest BCUT2D eigenvalue weighted by atomic mass is 32.2. The maximum Gasteiger partial charge on any atom is 0.253 e. The monoisotopic (exact) mass is 428 g/mol. The third-order valence-electron chi connectivity index (χ3n) is 4.21. The Hall–Kier alpha value is -1.75. The van der Waals surface area contributed by atoms with Crippen molar-refractivity contribution >= 4 is 37.1 Å². The lowest BCUT2D eigenvalue weighted by atomic mass is 10.2. The van der Waals surface area contributed by atoms with Gasteiger partial charge in [0.1, 0.15) is 4.21 Å². The van der Waals surface area contributed by atoms with Gasteiger partial charge in [-0.25, -0.2) is 16.8 Å². The molecule has 1 N–H and O–H groups in total. The molecule has 10 heteroatoms. The van der Waals surface area contributed by atoms with Crippen molar-refractivity contribution in [3.8, 4) is 0 Å². The van der Waals surface area contributed by atoms with Crippen LogP contribution in [0.15, 0.2) is 52.1 Å². The Morgan fingerprint density at radius 1 is 1.19 bits per heavy atom. The van der Waals surface area contributed by atoms with E-state index in [2.05, 4.69) is 5.32 Å². The van der Waals surface area contributed by atoms with E-state index < -0.39 is 31.8 Å². The van der Waals surface area contributed by atoms with Crippen LogP contribution in [-0.2, 0) is 31.2 Å². The fourth-order valence-corrected chi connectivity index (χ4v) is 7.10. The molecule has 0 spiro atoms. The first-order valence-corrected chi connectivity index (χ1v) is 12.5. The molecule has 0 bridgehead atoms. The number of nitrogens with one attached hydrogen (secondary N) is 1. The van der Waals surface area contributed by atoms with Gasteiger partial charge in [-0.05, 0) is 23.4 Å². The molecule has 2 aromatic rings. The highest BCUT2D eigenvalue weighted by molar-refractivity contribution is 7.91. The van der Waals surface area contributed by atoms with Crippen LogP contribution in [0.1, 0.15) is 12.0 Å². The van der Waals surface area contributed by atoms with Crippen LogP contribution in [0.4, 0.5) is 0 Å². The molecule has 1 aliphatic heterocycles. The molecule has 0 radical (unpaired) electrons. The maximum absolute atomic E-state index is 12.9. The molecule has 1 aliphatic rings. The largest absolute Gasteiger partial charge is 0.351 e. The molecule has 1 atom stereocenters. The number of carbonyl (C=O) groups is 1. The molecule has 2 heterocycles. The van der Waals surface area contributed by atoms with Gasteiger partial charge in [-0.2, -0.15) is 4.31 Å². The molecule has 0 aliphatic carbocycles. The number of sulfone groups is 1. The molecule has 146 valence electrons. The highest BCUT2D eigenvalue weighted by Gasteiger charge is 2.31. The van der Waals surface area contributed by atoms with Crippen molar-refractivity contribution in [3.05, 3.63) is 53.4 Å². The second-order valence-electron chi connectivity index (χ2n) is 6.36. The fourth-order valence-electron chi connectivity index (χ4n) is 2.89. The van der Waals surface area contributed by atoms with E-state index in [1.54, 1.807) is 35.7 Å².